The van der Waals surface area contributed by atoms with Gasteiger partial charge in [-0.05, 0) is 52.0 Å². The molecule has 1 aliphatic carbocycles. The van der Waals surface area contributed by atoms with Crippen LogP contribution >= 0.6 is 0 Å². The van der Waals surface area contributed by atoms with Crippen LogP contribution in [0.2, 0.25) is 0 Å². The fourth-order valence-corrected chi connectivity index (χ4v) is 2.28. The van der Waals surface area contributed by atoms with Gasteiger partial charge in [-0.25, -0.2) is 0 Å². The van der Waals surface area contributed by atoms with E-state index in [-0.39, 0.29) is 5.91 Å². The Labute approximate surface area is 114 Å². The summed E-state index contributed by atoms with van der Waals surface area (Å²) in [6.45, 7) is 4.80. The highest BCUT2D eigenvalue weighted by Crippen LogP contribution is 2.25. The Balaban J connectivity index is 1.74. The van der Waals surface area contributed by atoms with Crippen molar-refractivity contribution in [3.8, 4) is 0 Å². The molecular weight excluding hydrogens is 240 g/mol. The van der Waals surface area contributed by atoms with Crippen LogP contribution in [-0.2, 0) is 11.3 Å². The number of hydrogen-bond donors (Lipinski definition) is 2. The van der Waals surface area contributed by atoms with E-state index in [2.05, 4.69) is 10.4 Å². The average molecular weight is 264 g/mol. The van der Waals surface area contributed by atoms with Crippen LogP contribution in [-0.4, -0.2) is 27.3 Å². The van der Waals surface area contributed by atoms with Crippen molar-refractivity contribution < 1.29 is 4.79 Å². The van der Waals surface area contributed by atoms with Gasteiger partial charge in [-0.3, -0.25) is 9.48 Å². The van der Waals surface area contributed by atoms with Gasteiger partial charge in [0.05, 0.1) is 11.2 Å². The van der Waals surface area contributed by atoms with E-state index in [4.69, 9.17) is 5.73 Å². The molecule has 1 fully saturated rings. The summed E-state index contributed by atoms with van der Waals surface area (Å²) < 4.78 is 1.95. The molecule has 19 heavy (non-hydrogen) atoms. The highest BCUT2D eigenvalue weighted by molar-refractivity contribution is 5.84. The number of nitrogens with zero attached hydrogens (tertiary/aromatic N) is 2. The van der Waals surface area contributed by atoms with Gasteiger partial charge in [-0.1, -0.05) is 0 Å². The number of rotatable bonds is 8. The lowest BCUT2D eigenvalue weighted by Gasteiger charge is -2.27. The minimum atomic E-state index is -0.554. The molecule has 2 rings (SSSR count). The van der Waals surface area contributed by atoms with E-state index in [0.29, 0.717) is 6.04 Å². The number of nitrogens with one attached hydrogen (secondary N) is 1. The van der Waals surface area contributed by atoms with Gasteiger partial charge in [0, 0.05) is 18.8 Å². The van der Waals surface area contributed by atoms with Crippen molar-refractivity contribution >= 4 is 5.91 Å². The second-order valence-electron chi connectivity index (χ2n) is 5.79. The summed E-state index contributed by atoms with van der Waals surface area (Å²) in [6, 6.07) is 2.49. The topological polar surface area (TPSA) is 72.9 Å². The fourth-order valence-electron chi connectivity index (χ4n) is 2.28. The van der Waals surface area contributed by atoms with Crippen molar-refractivity contribution in [1.29, 1.82) is 0 Å². The second kappa shape index (κ2) is 5.74. The highest BCUT2D eigenvalue weighted by atomic mass is 16.1. The van der Waals surface area contributed by atoms with Crippen molar-refractivity contribution in [3.63, 3.8) is 0 Å². The molecule has 1 saturated carbocycles. The molecule has 1 amide bonds. The standard InChI is InChI=1S/C14H24N4O/c1-11-7-10-18(17-11)9-4-3-8-14(2,13(15)19)16-12-5-6-12/h7,10,12,16H,3-6,8-9H2,1-2H3,(H2,15,19). The Morgan fingerprint density at radius 3 is 2.84 bits per heavy atom. The van der Waals surface area contributed by atoms with Crippen LogP contribution in [0, 0.1) is 6.92 Å². The predicted molar refractivity (Wildman–Crippen MR) is 74.6 cm³/mol. The molecule has 0 spiro atoms. The normalized spacial score (nSPS) is 18.2. The van der Waals surface area contributed by atoms with Crippen molar-refractivity contribution in [2.45, 2.75) is 64.1 Å². The maximum absolute atomic E-state index is 11.6. The van der Waals surface area contributed by atoms with Crippen molar-refractivity contribution in [2.24, 2.45) is 5.73 Å². The van der Waals surface area contributed by atoms with E-state index < -0.39 is 5.54 Å². The van der Waals surface area contributed by atoms with E-state index in [1.807, 2.05) is 30.8 Å². The lowest BCUT2D eigenvalue weighted by atomic mass is 9.93. The summed E-state index contributed by atoms with van der Waals surface area (Å²) in [5, 5.41) is 7.72. The Bertz CT molecular complexity index is 438. The lowest BCUT2D eigenvalue weighted by Crippen LogP contribution is -2.53. The van der Waals surface area contributed by atoms with Crippen LogP contribution < -0.4 is 11.1 Å². The summed E-state index contributed by atoms with van der Waals surface area (Å²) in [5.74, 6) is -0.241. The first-order valence-corrected chi connectivity index (χ1v) is 7.07. The van der Waals surface area contributed by atoms with E-state index in [0.717, 1.165) is 44.3 Å². The lowest BCUT2D eigenvalue weighted by molar-refractivity contribution is -0.124. The number of primary amides is 1. The molecule has 1 unspecified atom stereocenters. The Morgan fingerprint density at radius 1 is 1.58 bits per heavy atom. The van der Waals surface area contributed by atoms with E-state index in [1.54, 1.807) is 0 Å². The average Bonchev–Trinajstić information content (AvgIpc) is 3.05. The first-order chi connectivity index (χ1) is 8.99. The Morgan fingerprint density at radius 2 is 2.32 bits per heavy atom. The minimum Gasteiger partial charge on any atom is -0.368 e. The summed E-state index contributed by atoms with van der Waals surface area (Å²) in [5.41, 5.74) is 6.01. The Hall–Kier alpha value is -1.36. The zero-order chi connectivity index (χ0) is 13.9. The van der Waals surface area contributed by atoms with Crippen molar-refractivity contribution in [3.05, 3.63) is 18.0 Å². The summed E-state index contributed by atoms with van der Waals surface area (Å²) in [4.78, 5) is 11.6. The molecule has 0 saturated heterocycles. The van der Waals surface area contributed by atoms with E-state index >= 15 is 0 Å². The summed E-state index contributed by atoms with van der Waals surface area (Å²) >= 11 is 0. The van der Waals surface area contributed by atoms with Gasteiger partial charge in [0.15, 0.2) is 0 Å². The number of aryl methyl sites for hydroxylation is 2. The molecule has 0 aromatic carbocycles. The maximum Gasteiger partial charge on any atom is 0.237 e. The second-order valence-corrected chi connectivity index (χ2v) is 5.79. The van der Waals surface area contributed by atoms with Crippen LogP contribution in [0.15, 0.2) is 12.3 Å². The molecule has 3 N–H and O–H groups in total. The number of aromatic nitrogens is 2. The molecular formula is C14H24N4O. The molecule has 1 aliphatic rings. The van der Waals surface area contributed by atoms with Crippen LogP contribution in [0.5, 0.6) is 0 Å². The number of carbonyl (C=O) groups is 1. The van der Waals surface area contributed by atoms with Crippen molar-refractivity contribution in [2.75, 3.05) is 0 Å². The number of hydrogen-bond acceptors (Lipinski definition) is 3. The highest BCUT2D eigenvalue weighted by Gasteiger charge is 2.36. The maximum atomic E-state index is 11.6. The van der Waals surface area contributed by atoms with Crippen LogP contribution in [0.25, 0.3) is 0 Å². The first-order valence-electron chi connectivity index (χ1n) is 7.07. The number of unbranched alkanes of at least 4 members (excludes halogenated alkanes) is 1. The monoisotopic (exact) mass is 264 g/mol. The van der Waals surface area contributed by atoms with Gasteiger partial charge in [0.25, 0.3) is 0 Å². The molecule has 1 atom stereocenters. The van der Waals surface area contributed by atoms with Crippen LogP contribution in [0.1, 0.15) is 44.7 Å². The van der Waals surface area contributed by atoms with Crippen molar-refractivity contribution in [1.82, 2.24) is 15.1 Å². The van der Waals surface area contributed by atoms with Gasteiger partial charge < -0.3 is 11.1 Å². The zero-order valence-corrected chi connectivity index (χ0v) is 11.9. The molecule has 0 radical (unpaired) electrons. The molecule has 106 valence electrons. The van der Waals surface area contributed by atoms with Crippen LogP contribution in [0.3, 0.4) is 0 Å². The fraction of sp³-hybridized carbons (Fsp3) is 0.714. The van der Waals surface area contributed by atoms with Gasteiger partial charge in [0.1, 0.15) is 0 Å². The summed E-state index contributed by atoms with van der Waals surface area (Å²) in [6.07, 6.45) is 7.09. The third-order valence-corrected chi connectivity index (χ3v) is 3.73. The zero-order valence-electron chi connectivity index (χ0n) is 11.9. The number of amides is 1. The predicted octanol–water partition coefficient (Wildman–Crippen LogP) is 1.36. The molecule has 0 aliphatic heterocycles. The molecule has 1 heterocycles. The largest absolute Gasteiger partial charge is 0.368 e. The van der Waals surface area contributed by atoms with Gasteiger partial charge >= 0.3 is 0 Å². The molecule has 1 aromatic rings. The third-order valence-electron chi connectivity index (χ3n) is 3.73. The smallest absolute Gasteiger partial charge is 0.237 e. The van der Waals surface area contributed by atoms with Gasteiger partial charge in [-0.15, -0.1) is 0 Å². The number of nitrogens with two attached hydrogens (primary N) is 1. The van der Waals surface area contributed by atoms with Crippen LogP contribution in [0.4, 0.5) is 0 Å². The molecule has 1 aromatic heterocycles. The molecule has 0 bridgehead atoms. The number of carbonyl (C=O) groups excluding carboxylic acids is 1. The molecule has 5 heteroatoms. The summed E-state index contributed by atoms with van der Waals surface area (Å²) in [7, 11) is 0. The van der Waals surface area contributed by atoms with E-state index in [9.17, 15) is 4.79 Å². The third kappa shape index (κ3) is 4.06. The van der Waals surface area contributed by atoms with Gasteiger partial charge in [0.2, 0.25) is 5.91 Å². The Kier molecular flexibility index (Phi) is 4.24. The quantitative estimate of drug-likeness (QED) is 0.696. The van der Waals surface area contributed by atoms with Gasteiger partial charge in [-0.2, -0.15) is 5.10 Å². The SMILES string of the molecule is Cc1ccn(CCCCC(C)(NC2CC2)C(N)=O)n1. The first kappa shape index (κ1) is 14.1. The molecule has 5 nitrogen and oxygen atoms in total. The van der Waals surface area contributed by atoms with E-state index in [1.165, 1.54) is 0 Å². The minimum absolute atomic E-state index is 0.241.